The van der Waals surface area contributed by atoms with Crippen LogP contribution in [-0.2, 0) is 18.8 Å². The maximum atomic E-state index is 11.4. The number of cyclic esters (lactones) is 2. The molecule has 0 N–H and O–H groups in total. The van der Waals surface area contributed by atoms with E-state index in [4.69, 9.17) is 4.43 Å². The Balaban J connectivity index is 2.51. The van der Waals surface area contributed by atoms with Crippen molar-refractivity contribution in [3.05, 3.63) is 0 Å². The van der Waals surface area contributed by atoms with Crippen LogP contribution in [0.4, 0.5) is 0 Å². The molecule has 0 amide bonds. The third-order valence-electron chi connectivity index (χ3n) is 2.64. The van der Waals surface area contributed by atoms with E-state index in [0.717, 1.165) is 6.42 Å². The first kappa shape index (κ1) is 12.4. The van der Waals surface area contributed by atoms with E-state index in [1.807, 2.05) is 20.8 Å². The van der Waals surface area contributed by atoms with Gasteiger partial charge in [0.25, 0.3) is 0 Å². The summed E-state index contributed by atoms with van der Waals surface area (Å²) in [5, 5.41) is 0. The second-order valence-corrected chi connectivity index (χ2v) is 5.87. The van der Waals surface area contributed by atoms with Crippen molar-refractivity contribution in [3.8, 4) is 0 Å². The van der Waals surface area contributed by atoms with Crippen molar-refractivity contribution in [1.82, 2.24) is 0 Å². The highest BCUT2D eigenvalue weighted by atomic mass is 28.2. The largest absolute Gasteiger partial charge is 0.421 e. The molecular formula is C10H18O4Si. The van der Waals surface area contributed by atoms with Crippen molar-refractivity contribution in [1.29, 1.82) is 0 Å². The number of carbonyl (C=O) groups is 2. The van der Waals surface area contributed by atoms with Gasteiger partial charge in [0.05, 0.1) is 12.3 Å². The van der Waals surface area contributed by atoms with Crippen molar-refractivity contribution in [2.24, 2.45) is 5.92 Å². The van der Waals surface area contributed by atoms with Gasteiger partial charge in [0, 0.05) is 6.10 Å². The highest BCUT2D eigenvalue weighted by Gasteiger charge is 2.38. The fraction of sp³-hybridized carbons (Fsp3) is 0.800. The van der Waals surface area contributed by atoms with Gasteiger partial charge in [-0.25, -0.2) is 0 Å². The summed E-state index contributed by atoms with van der Waals surface area (Å²) < 4.78 is 10.2. The molecule has 1 aliphatic rings. The van der Waals surface area contributed by atoms with Crippen LogP contribution in [0.3, 0.4) is 0 Å². The van der Waals surface area contributed by atoms with E-state index in [1.165, 1.54) is 0 Å². The highest BCUT2D eigenvalue weighted by Crippen LogP contribution is 2.30. The second kappa shape index (κ2) is 5.41. The Bertz CT molecular complexity index is 252. The molecule has 1 aliphatic heterocycles. The Morgan fingerprint density at radius 3 is 2.60 bits per heavy atom. The fourth-order valence-corrected chi connectivity index (χ4v) is 3.15. The van der Waals surface area contributed by atoms with Gasteiger partial charge in [-0.05, 0) is 19.4 Å². The van der Waals surface area contributed by atoms with Crippen molar-refractivity contribution < 1.29 is 18.8 Å². The summed E-state index contributed by atoms with van der Waals surface area (Å²) in [5.41, 5.74) is 0.228. The van der Waals surface area contributed by atoms with E-state index < -0.39 is 9.76 Å². The average Bonchev–Trinajstić information content (AvgIpc) is 2.46. The van der Waals surface area contributed by atoms with Crippen LogP contribution in [0.15, 0.2) is 0 Å². The molecule has 0 saturated carbocycles. The van der Waals surface area contributed by atoms with Crippen LogP contribution in [0.2, 0.25) is 5.54 Å². The lowest BCUT2D eigenvalue weighted by atomic mass is 10.0. The third kappa shape index (κ3) is 3.42. The minimum atomic E-state index is -0.759. The predicted octanol–water partition coefficient (Wildman–Crippen LogP) is 0.783. The van der Waals surface area contributed by atoms with Gasteiger partial charge in [0.2, 0.25) is 0 Å². The quantitative estimate of drug-likeness (QED) is 0.398. The summed E-state index contributed by atoms with van der Waals surface area (Å²) in [6.45, 7) is 5.99. The normalized spacial score (nSPS) is 24.1. The maximum absolute atomic E-state index is 11.4. The van der Waals surface area contributed by atoms with E-state index in [2.05, 4.69) is 4.74 Å². The van der Waals surface area contributed by atoms with Crippen LogP contribution >= 0.6 is 0 Å². The van der Waals surface area contributed by atoms with Gasteiger partial charge >= 0.3 is 11.9 Å². The summed E-state index contributed by atoms with van der Waals surface area (Å²) in [6.07, 6.45) is 1.33. The number of ether oxygens (including phenoxy) is 1. The molecule has 1 saturated heterocycles. The molecule has 0 aliphatic carbocycles. The molecule has 5 heteroatoms. The molecule has 1 heterocycles. The molecule has 15 heavy (non-hydrogen) atoms. The molecule has 86 valence electrons. The van der Waals surface area contributed by atoms with E-state index in [0.29, 0.717) is 0 Å². The molecule has 1 rings (SSSR count). The maximum Gasteiger partial charge on any atom is 0.317 e. The van der Waals surface area contributed by atoms with Gasteiger partial charge < -0.3 is 9.16 Å². The number of hydrogen-bond acceptors (Lipinski definition) is 4. The van der Waals surface area contributed by atoms with Crippen molar-refractivity contribution in [3.63, 3.8) is 0 Å². The second-order valence-electron chi connectivity index (χ2n) is 4.15. The first-order valence-corrected chi connectivity index (χ1v) is 6.80. The molecule has 0 aromatic carbocycles. The lowest BCUT2D eigenvalue weighted by Crippen LogP contribution is -2.23. The van der Waals surface area contributed by atoms with E-state index in [9.17, 15) is 9.59 Å². The minimum Gasteiger partial charge on any atom is -0.421 e. The zero-order valence-electron chi connectivity index (χ0n) is 9.49. The molecular weight excluding hydrogens is 212 g/mol. The molecule has 2 atom stereocenters. The topological polar surface area (TPSA) is 52.6 Å². The Morgan fingerprint density at radius 2 is 2.20 bits per heavy atom. The lowest BCUT2D eigenvalue weighted by Gasteiger charge is -2.19. The zero-order valence-corrected chi connectivity index (χ0v) is 10.9. The molecule has 0 radical (unpaired) electrons. The first-order valence-electron chi connectivity index (χ1n) is 5.40. The van der Waals surface area contributed by atoms with Crippen LogP contribution in [0.1, 0.15) is 33.6 Å². The Hall–Kier alpha value is -0.683. The van der Waals surface area contributed by atoms with Crippen LogP contribution in [0.25, 0.3) is 0 Å². The Labute approximate surface area is 92.3 Å². The monoisotopic (exact) mass is 230 g/mol. The molecule has 1 fully saturated rings. The van der Waals surface area contributed by atoms with Crippen molar-refractivity contribution in [2.45, 2.75) is 45.3 Å². The standard InChI is InChI=1S/C10H18O4Si/c1-4-8(15-14-6(2)3)7-5-9(11)13-10(7)12/h6-8H,4-5,15H2,1-3H3. The van der Waals surface area contributed by atoms with Gasteiger partial charge in [-0.1, -0.05) is 13.3 Å². The van der Waals surface area contributed by atoms with Gasteiger partial charge in [0.15, 0.2) is 9.76 Å². The van der Waals surface area contributed by atoms with Crippen LogP contribution in [0.5, 0.6) is 0 Å². The third-order valence-corrected chi connectivity index (χ3v) is 5.07. The van der Waals surface area contributed by atoms with Gasteiger partial charge in [-0.2, -0.15) is 0 Å². The average molecular weight is 230 g/mol. The summed E-state index contributed by atoms with van der Waals surface area (Å²) in [5.74, 6) is -0.985. The molecule has 0 spiro atoms. The Morgan fingerprint density at radius 1 is 1.53 bits per heavy atom. The van der Waals surface area contributed by atoms with Crippen molar-refractivity contribution in [2.75, 3.05) is 0 Å². The number of hydrogen-bond donors (Lipinski definition) is 0. The number of esters is 2. The molecule has 0 aromatic rings. The van der Waals surface area contributed by atoms with E-state index in [1.54, 1.807) is 0 Å². The molecule has 4 nitrogen and oxygen atoms in total. The van der Waals surface area contributed by atoms with Gasteiger partial charge in [-0.15, -0.1) is 0 Å². The van der Waals surface area contributed by atoms with E-state index in [-0.39, 0.29) is 35.9 Å². The lowest BCUT2D eigenvalue weighted by molar-refractivity contribution is -0.153. The fourth-order valence-electron chi connectivity index (χ4n) is 1.69. The van der Waals surface area contributed by atoms with Crippen LogP contribution in [-0.4, -0.2) is 27.8 Å². The summed E-state index contributed by atoms with van der Waals surface area (Å²) in [4.78, 5) is 22.3. The van der Waals surface area contributed by atoms with Gasteiger partial charge in [0.1, 0.15) is 0 Å². The molecule has 0 aromatic heterocycles. The zero-order chi connectivity index (χ0) is 11.4. The number of carbonyl (C=O) groups excluding carboxylic acids is 2. The smallest absolute Gasteiger partial charge is 0.317 e. The SMILES string of the molecule is CCC([SiH2]OC(C)C)C1CC(=O)OC1=O. The molecule has 0 bridgehead atoms. The summed E-state index contributed by atoms with van der Waals surface area (Å²) >= 11 is 0. The minimum absolute atomic E-state index is 0.207. The van der Waals surface area contributed by atoms with Gasteiger partial charge in [-0.3, -0.25) is 9.59 Å². The molecule has 2 unspecified atom stereocenters. The van der Waals surface area contributed by atoms with E-state index >= 15 is 0 Å². The summed E-state index contributed by atoms with van der Waals surface area (Å²) in [6, 6.07) is 0. The predicted molar refractivity (Wildman–Crippen MR) is 58.0 cm³/mol. The summed E-state index contributed by atoms with van der Waals surface area (Å²) in [7, 11) is -0.759. The van der Waals surface area contributed by atoms with Crippen molar-refractivity contribution >= 4 is 21.7 Å². The highest BCUT2D eigenvalue weighted by molar-refractivity contribution is 6.31. The Kier molecular flexibility index (Phi) is 4.47. The van der Waals surface area contributed by atoms with Crippen LogP contribution in [0, 0.1) is 5.92 Å². The van der Waals surface area contributed by atoms with Crippen LogP contribution < -0.4 is 0 Å². The first-order chi connectivity index (χ1) is 7.04. The number of rotatable bonds is 5.